The van der Waals surface area contributed by atoms with Crippen molar-refractivity contribution in [1.29, 1.82) is 0 Å². The van der Waals surface area contributed by atoms with Crippen LogP contribution in [-0.4, -0.2) is 0 Å². The summed E-state index contributed by atoms with van der Waals surface area (Å²) in [7, 11) is 0. The Kier molecular flexibility index (Phi) is 4.87. The predicted octanol–water partition coefficient (Wildman–Crippen LogP) is 6.27. The van der Waals surface area contributed by atoms with Gasteiger partial charge in [0.05, 0.1) is 0 Å². The van der Waals surface area contributed by atoms with E-state index >= 15 is 0 Å². The molecule has 0 saturated carbocycles. The van der Waals surface area contributed by atoms with Crippen molar-refractivity contribution in [1.82, 2.24) is 0 Å². The van der Waals surface area contributed by atoms with Gasteiger partial charge in [0, 0.05) is 12.3 Å². The average molecular weight is 302 g/mol. The minimum Gasteiger partial charge on any atom is -0.120 e. The highest BCUT2D eigenvalue weighted by molar-refractivity contribution is 5.63. The van der Waals surface area contributed by atoms with Crippen molar-refractivity contribution < 1.29 is 0 Å². The van der Waals surface area contributed by atoms with Crippen molar-refractivity contribution in [2.75, 3.05) is 0 Å². The Morgan fingerprint density at radius 3 is 2.87 bits per heavy atom. The minimum atomic E-state index is 0.211. The second kappa shape index (κ2) is 7.05. The largest absolute Gasteiger partial charge is 0.120 e. The highest BCUT2D eigenvalue weighted by atomic mass is 14.4. The molecule has 0 saturated heterocycles. The molecule has 0 spiro atoms. The summed E-state index contributed by atoms with van der Waals surface area (Å²) in [5.41, 5.74) is 4.68. The molecule has 0 aromatic heterocycles. The van der Waals surface area contributed by atoms with Crippen LogP contribution < -0.4 is 0 Å². The molecule has 3 rings (SSSR count). The van der Waals surface area contributed by atoms with Crippen molar-refractivity contribution in [2.24, 2.45) is 5.41 Å². The zero-order valence-corrected chi connectivity index (χ0v) is 14.1. The maximum absolute atomic E-state index is 5.37. The summed E-state index contributed by atoms with van der Waals surface area (Å²) in [6.07, 6.45) is 23.8. The second-order valence-corrected chi connectivity index (χ2v) is 6.97. The van der Waals surface area contributed by atoms with Crippen LogP contribution in [0.4, 0.5) is 0 Å². The molecule has 1 aromatic rings. The summed E-state index contributed by atoms with van der Waals surface area (Å²) in [4.78, 5) is 0. The summed E-state index contributed by atoms with van der Waals surface area (Å²) in [5.74, 6) is 3.25. The molecule has 0 N–H and O–H groups in total. The Morgan fingerprint density at radius 1 is 1.22 bits per heavy atom. The third-order valence-corrected chi connectivity index (χ3v) is 5.51. The van der Waals surface area contributed by atoms with E-state index in [4.69, 9.17) is 6.42 Å². The van der Waals surface area contributed by atoms with Crippen LogP contribution in [0.2, 0.25) is 0 Å². The van der Waals surface area contributed by atoms with Gasteiger partial charge < -0.3 is 0 Å². The van der Waals surface area contributed by atoms with Gasteiger partial charge in [0.25, 0.3) is 0 Å². The summed E-state index contributed by atoms with van der Waals surface area (Å²) >= 11 is 0. The lowest BCUT2D eigenvalue weighted by atomic mass is 9.66. The fourth-order valence-corrected chi connectivity index (χ4v) is 4.09. The van der Waals surface area contributed by atoms with Gasteiger partial charge in [0.1, 0.15) is 0 Å². The van der Waals surface area contributed by atoms with Gasteiger partial charge in [-0.2, -0.15) is 0 Å². The van der Waals surface area contributed by atoms with Gasteiger partial charge in [-0.3, -0.25) is 0 Å². The number of allylic oxidation sites excluding steroid dienone is 5. The van der Waals surface area contributed by atoms with Crippen LogP contribution >= 0.6 is 0 Å². The van der Waals surface area contributed by atoms with Crippen molar-refractivity contribution in [2.45, 2.75) is 51.4 Å². The number of unbranched alkanes of at least 4 members (excludes halogenated alkanes) is 3. The quantitative estimate of drug-likeness (QED) is 0.411. The molecule has 118 valence electrons. The number of benzene rings is 1. The summed E-state index contributed by atoms with van der Waals surface area (Å²) < 4.78 is 0. The first-order valence-electron chi connectivity index (χ1n) is 8.82. The van der Waals surface area contributed by atoms with Crippen LogP contribution in [0.5, 0.6) is 0 Å². The van der Waals surface area contributed by atoms with Crippen molar-refractivity contribution >= 4 is 6.08 Å². The number of hydrogen-bond donors (Lipinski definition) is 0. The van der Waals surface area contributed by atoms with Crippen LogP contribution in [-0.2, 0) is 0 Å². The lowest BCUT2D eigenvalue weighted by molar-refractivity contribution is 0.310. The van der Waals surface area contributed by atoms with E-state index in [1.54, 1.807) is 5.57 Å². The SMILES string of the molecule is C#CCCCCCC(C)(C1=CC=CC1)C1C=Cc2ccccc21. The van der Waals surface area contributed by atoms with Gasteiger partial charge in [0.2, 0.25) is 0 Å². The molecule has 0 heterocycles. The third kappa shape index (κ3) is 3.20. The van der Waals surface area contributed by atoms with Crippen molar-refractivity contribution in [3.05, 3.63) is 65.3 Å². The Bertz CT molecular complexity index is 680. The molecule has 0 heteroatoms. The number of hydrogen-bond acceptors (Lipinski definition) is 0. The fourth-order valence-electron chi connectivity index (χ4n) is 4.09. The normalized spacial score (nSPS) is 20.9. The van der Waals surface area contributed by atoms with Gasteiger partial charge in [-0.1, -0.05) is 80.0 Å². The number of terminal acetylenes is 1. The first-order valence-corrected chi connectivity index (χ1v) is 8.82. The molecule has 2 unspecified atom stereocenters. The van der Waals surface area contributed by atoms with E-state index in [2.05, 4.69) is 67.5 Å². The molecule has 0 bridgehead atoms. The maximum atomic E-state index is 5.37. The monoisotopic (exact) mass is 302 g/mol. The maximum Gasteiger partial charge on any atom is 0.0118 e. The molecule has 0 radical (unpaired) electrons. The first kappa shape index (κ1) is 15.9. The summed E-state index contributed by atoms with van der Waals surface area (Å²) in [6, 6.07) is 8.85. The minimum absolute atomic E-state index is 0.211. The van der Waals surface area contributed by atoms with E-state index in [0.717, 1.165) is 19.3 Å². The molecule has 0 nitrogen and oxygen atoms in total. The van der Waals surface area contributed by atoms with Crippen LogP contribution in [0.15, 0.2) is 54.1 Å². The molecule has 23 heavy (non-hydrogen) atoms. The molecule has 2 aliphatic carbocycles. The Morgan fingerprint density at radius 2 is 2.09 bits per heavy atom. The predicted molar refractivity (Wildman–Crippen MR) is 100 cm³/mol. The molecule has 2 atom stereocenters. The molecule has 0 aliphatic heterocycles. The smallest absolute Gasteiger partial charge is 0.0118 e. The summed E-state index contributed by atoms with van der Waals surface area (Å²) in [6.45, 7) is 2.46. The molecule has 1 aromatic carbocycles. The van der Waals surface area contributed by atoms with Crippen LogP contribution in [0.3, 0.4) is 0 Å². The van der Waals surface area contributed by atoms with Crippen LogP contribution in [0, 0.1) is 17.8 Å². The van der Waals surface area contributed by atoms with Gasteiger partial charge >= 0.3 is 0 Å². The highest BCUT2D eigenvalue weighted by Crippen LogP contribution is 2.52. The van der Waals surface area contributed by atoms with Gasteiger partial charge in [-0.05, 0) is 35.8 Å². The van der Waals surface area contributed by atoms with E-state index in [9.17, 15) is 0 Å². The van der Waals surface area contributed by atoms with E-state index < -0.39 is 0 Å². The standard InChI is InChI=1S/C23H26/c1-3-4-5-6-11-18-23(2,20-13-8-9-14-20)22-17-16-19-12-7-10-15-21(19)22/h1,7-10,12-13,15-17,22H,4-6,11,14,18H2,2H3. The highest BCUT2D eigenvalue weighted by Gasteiger charge is 2.38. The van der Waals surface area contributed by atoms with Crippen molar-refractivity contribution in [3.8, 4) is 12.3 Å². The molecular weight excluding hydrogens is 276 g/mol. The zero-order chi connectivity index (χ0) is 16.1. The van der Waals surface area contributed by atoms with Gasteiger partial charge in [-0.25, -0.2) is 0 Å². The van der Waals surface area contributed by atoms with E-state index in [-0.39, 0.29) is 5.41 Å². The lowest BCUT2D eigenvalue weighted by Gasteiger charge is -2.38. The summed E-state index contributed by atoms with van der Waals surface area (Å²) in [5, 5.41) is 0. The number of rotatable bonds is 7. The molecule has 0 amide bonds. The first-order chi connectivity index (χ1) is 11.3. The second-order valence-electron chi connectivity index (χ2n) is 6.97. The Labute approximate surface area is 141 Å². The van der Waals surface area contributed by atoms with E-state index in [1.165, 1.54) is 30.4 Å². The molecule has 0 fully saturated rings. The van der Waals surface area contributed by atoms with Gasteiger partial charge in [0.15, 0.2) is 0 Å². The van der Waals surface area contributed by atoms with Crippen LogP contribution in [0.25, 0.3) is 6.08 Å². The lowest BCUT2D eigenvalue weighted by Crippen LogP contribution is -2.26. The third-order valence-electron chi connectivity index (χ3n) is 5.51. The molecule has 2 aliphatic rings. The topological polar surface area (TPSA) is 0 Å². The Balaban J connectivity index is 1.79. The average Bonchev–Trinajstić information content (AvgIpc) is 3.24. The Hall–Kier alpha value is -2.00. The zero-order valence-electron chi connectivity index (χ0n) is 14.1. The van der Waals surface area contributed by atoms with Gasteiger partial charge in [-0.15, -0.1) is 12.3 Å². The van der Waals surface area contributed by atoms with Crippen molar-refractivity contribution in [3.63, 3.8) is 0 Å². The number of fused-ring (bicyclic) bond motifs is 1. The van der Waals surface area contributed by atoms with E-state index in [1.807, 2.05) is 0 Å². The van der Waals surface area contributed by atoms with Crippen LogP contribution in [0.1, 0.15) is 62.5 Å². The molecular formula is C23H26. The fraction of sp³-hybridized carbons (Fsp3) is 0.391. The van der Waals surface area contributed by atoms with E-state index in [0.29, 0.717) is 5.92 Å².